The van der Waals surface area contributed by atoms with E-state index in [2.05, 4.69) is 12.0 Å². The van der Waals surface area contributed by atoms with Crippen LogP contribution in [0.15, 0.2) is 23.1 Å². The molecular weight excluding hydrogens is 300 g/mol. The molecule has 0 fully saturated rings. The van der Waals surface area contributed by atoms with Gasteiger partial charge in [0.1, 0.15) is 0 Å². The monoisotopic (exact) mass is 320 g/mol. The molecular formula is C16H20N2O3S. The van der Waals surface area contributed by atoms with Gasteiger partial charge in [-0.1, -0.05) is 6.07 Å². The molecule has 2 aromatic rings. The minimum absolute atomic E-state index is 0.199. The second-order valence-electron chi connectivity index (χ2n) is 5.97. The summed E-state index contributed by atoms with van der Waals surface area (Å²) in [7, 11) is -3.19. The Morgan fingerprint density at radius 3 is 2.68 bits per heavy atom. The normalized spacial score (nSPS) is 17.9. The molecule has 0 saturated heterocycles. The van der Waals surface area contributed by atoms with Gasteiger partial charge in [0.05, 0.1) is 16.7 Å². The van der Waals surface area contributed by atoms with E-state index in [4.69, 9.17) is 4.74 Å². The van der Waals surface area contributed by atoms with Gasteiger partial charge in [-0.05, 0) is 38.5 Å². The summed E-state index contributed by atoms with van der Waals surface area (Å²) in [6.45, 7) is 6.81. The molecule has 0 bridgehead atoms. The van der Waals surface area contributed by atoms with Gasteiger partial charge in [-0.25, -0.2) is 13.1 Å². The molecule has 6 heteroatoms. The van der Waals surface area contributed by atoms with E-state index in [1.165, 1.54) is 6.26 Å². The molecule has 2 heterocycles. The first-order valence-electron chi connectivity index (χ1n) is 7.32. The summed E-state index contributed by atoms with van der Waals surface area (Å²) < 4.78 is 31.1. The van der Waals surface area contributed by atoms with Crippen molar-refractivity contribution in [3.05, 3.63) is 29.3 Å². The molecule has 0 radical (unpaired) electrons. The molecule has 1 aromatic heterocycles. The van der Waals surface area contributed by atoms with Crippen LogP contribution in [0.25, 0.3) is 11.3 Å². The number of nitrogens with zero attached hydrogens (tertiary/aromatic N) is 2. The van der Waals surface area contributed by atoms with Crippen molar-refractivity contribution in [1.82, 2.24) is 9.78 Å². The van der Waals surface area contributed by atoms with Crippen LogP contribution in [0.5, 0.6) is 5.88 Å². The van der Waals surface area contributed by atoms with Crippen molar-refractivity contribution in [2.45, 2.75) is 44.7 Å². The first kappa shape index (κ1) is 15.1. The Labute approximate surface area is 130 Å². The summed E-state index contributed by atoms with van der Waals surface area (Å²) >= 11 is 0. The lowest BCUT2D eigenvalue weighted by Gasteiger charge is -2.21. The Hall–Kier alpha value is -1.82. The standard InChI is InChI=1S/C16H20N2O3S/c1-10-9-13(22(4,19)20)5-6-14(10)15-12(3)16-18(17-15)8-7-11(2)21-16/h5-6,9,11H,7-8H2,1-4H3/t11-/m1/s1. The van der Waals surface area contributed by atoms with Crippen LogP contribution < -0.4 is 4.74 Å². The maximum atomic E-state index is 11.7. The number of hydrogen-bond donors (Lipinski definition) is 0. The zero-order chi connectivity index (χ0) is 16.1. The molecule has 3 rings (SSSR count). The number of rotatable bonds is 2. The molecule has 1 atom stereocenters. The minimum Gasteiger partial charge on any atom is -0.475 e. The fraction of sp³-hybridized carbons (Fsp3) is 0.438. The lowest BCUT2D eigenvalue weighted by atomic mass is 10.0. The molecule has 22 heavy (non-hydrogen) atoms. The Balaban J connectivity index is 2.09. The van der Waals surface area contributed by atoms with Crippen molar-refractivity contribution in [2.75, 3.05) is 6.26 Å². The topological polar surface area (TPSA) is 61.2 Å². The van der Waals surface area contributed by atoms with Gasteiger partial charge in [0.25, 0.3) is 0 Å². The fourth-order valence-electron chi connectivity index (χ4n) is 2.78. The van der Waals surface area contributed by atoms with Crippen LogP contribution in [0, 0.1) is 13.8 Å². The smallest absolute Gasteiger partial charge is 0.215 e. The average molecular weight is 320 g/mol. The van der Waals surface area contributed by atoms with Crippen molar-refractivity contribution in [2.24, 2.45) is 0 Å². The van der Waals surface area contributed by atoms with Crippen LogP contribution in [0.3, 0.4) is 0 Å². The van der Waals surface area contributed by atoms with Gasteiger partial charge in [0, 0.05) is 30.3 Å². The first-order chi connectivity index (χ1) is 10.3. The maximum Gasteiger partial charge on any atom is 0.215 e. The zero-order valence-electron chi connectivity index (χ0n) is 13.3. The SMILES string of the molecule is Cc1cc(S(C)(=O)=O)ccc1-c1nn2c(c1C)O[C@H](C)CC2. The highest BCUT2D eigenvalue weighted by molar-refractivity contribution is 7.90. The van der Waals surface area contributed by atoms with Crippen LogP contribution in [0.1, 0.15) is 24.5 Å². The zero-order valence-corrected chi connectivity index (χ0v) is 14.1. The highest BCUT2D eigenvalue weighted by Crippen LogP contribution is 2.35. The van der Waals surface area contributed by atoms with E-state index >= 15 is 0 Å². The van der Waals surface area contributed by atoms with Gasteiger partial charge in [-0.2, -0.15) is 5.10 Å². The number of fused-ring (bicyclic) bond motifs is 1. The third-order valence-electron chi connectivity index (χ3n) is 4.07. The summed E-state index contributed by atoms with van der Waals surface area (Å²) in [5.74, 6) is 0.820. The molecule has 0 spiro atoms. The summed E-state index contributed by atoms with van der Waals surface area (Å²) in [5, 5.41) is 4.65. The van der Waals surface area contributed by atoms with E-state index < -0.39 is 9.84 Å². The lowest BCUT2D eigenvalue weighted by Crippen LogP contribution is -2.23. The van der Waals surface area contributed by atoms with E-state index in [0.717, 1.165) is 41.2 Å². The van der Waals surface area contributed by atoms with Gasteiger partial charge in [-0.3, -0.25) is 0 Å². The molecule has 0 saturated carbocycles. The van der Waals surface area contributed by atoms with Crippen molar-refractivity contribution in [3.63, 3.8) is 0 Å². The van der Waals surface area contributed by atoms with Crippen LogP contribution in [-0.2, 0) is 16.4 Å². The van der Waals surface area contributed by atoms with E-state index in [-0.39, 0.29) is 6.10 Å². The van der Waals surface area contributed by atoms with Crippen molar-refractivity contribution in [1.29, 1.82) is 0 Å². The fourth-order valence-corrected chi connectivity index (χ4v) is 3.48. The number of aryl methyl sites for hydroxylation is 2. The predicted octanol–water partition coefficient (Wildman–Crippen LogP) is 2.74. The number of ether oxygens (including phenoxy) is 1. The third-order valence-corrected chi connectivity index (χ3v) is 5.18. The van der Waals surface area contributed by atoms with Gasteiger partial charge in [-0.15, -0.1) is 0 Å². The van der Waals surface area contributed by atoms with Crippen LogP contribution in [-0.4, -0.2) is 30.6 Å². The second-order valence-corrected chi connectivity index (χ2v) is 7.98. The Kier molecular flexibility index (Phi) is 3.51. The molecule has 0 amide bonds. The minimum atomic E-state index is -3.19. The summed E-state index contributed by atoms with van der Waals surface area (Å²) in [4.78, 5) is 0.334. The van der Waals surface area contributed by atoms with Crippen LogP contribution >= 0.6 is 0 Å². The molecule has 1 aromatic carbocycles. The van der Waals surface area contributed by atoms with Crippen molar-refractivity contribution in [3.8, 4) is 17.1 Å². The maximum absolute atomic E-state index is 11.7. The Bertz CT molecular complexity index is 837. The van der Waals surface area contributed by atoms with Crippen LogP contribution in [0.4, 0.5) is 0 Å². The van der Waals surface area contributed by atoms with Crippen molar-refractivity contribution < 1.29 is 13.2 Å². The second kappa shape index (κ2) is 5.12. The van der Waals surface area contributed by atoms with Gasteiger partial charge >= 0.3 is 0 Å². The number of benzene rings is 1. The summed E-state index contributed by atoms with van der Waals surface area (Å²) in [5.41, 5.74) is 3.71. The average Bonchev–Trinajstić information content (AvgIpc) is 2.75. The van der Waals surface area contributed by atoms with E-state index in [0.29, 0.717) is 4.90 Å². The third kappa shape index (κ3) is 2.52. The van der Waals surface area contributed by atoms with E-state index in [9.17, 15) is 8.42 Å². The van der Waals surface area contributed by atoms with Crippen LogP contribution in [0.2, 0.25) is 0 Å². The Morgan fingerprint density at radius 2 is 2.05 bits per heavy atom. The first-order valence-corrected chi connectivity index (χ1v) is 9.21. The van der Waals surface area contributed by atoms with Gasteiger partial charge < -0.3 is 4.74 Å². The van der Waals surface area contributed by atoms with Gasteiger partial charge in [0.2, 0.25) is 5.88 Å². The molecule has 0 unspecified atom stereocenters. The lowest BCUT2D eigenvalue weighted by molar-refractivity contribution is 0.148. The molecule has 0 N–H and O–H groups in total. The summed E-state index contributed by atoms with van der Waals surface area (Å²) in [6, 6.07) is 5.17. The van der Waals surface area contributed by atoms with Gasteiger partial charge in [0.15, 0.2) is 9.84 Å². The number of aromatic nitrogens is 2. The molecule has 118 valence electrons. The van der Waals surface area contributed by atoms with Crippen molar-refractivity contribution >= 4 is 9.84 Å². The predicted molar refractivity (Wildman–Crippen MR) is 85.0 cm³/mol. The molecule has 5 nitrogen and oxygen atoms in total. The Morgan fingerprint density at radius 1 is 1.32 bits per heavy atom. The quantitative estimate of drug-likeness (QED) is 0.853. The number of sulfone groups is 1. The van der Waals surface area contributed by atoms with E-state index in [1.54, 1.807) is 12.1 Å². The summed E-state index contributed by atoms with van der Waals surface area (Å²) in [6.07, 6.45) is 2.36. The molecule has 0 aliphatic carbocycles. The highest BCUT2D eigenvalue weighted by Gasteiger charge is 2.24. The molecule has 1 aliphatic rings. The number of hydrogen-bond acceptors (Lipinski definition) is 4. The largest absolute Gasteiger partial charge is 0.475 e. The van der Waals surface area contributed by atoms with E-state index in [1.807, 2.05) is 24.6 Å². The molecule has 1 aliphatic heterocycles. The highest BCUT2D eigenvalue weighted by atomic mass is 32.2.